The first kappa shape index (κ1) is 23.7. The van der Waals surface area contributed by atoms with Crippen molar-refractivity contribution in [1.82, 2.24) is 20.4 Å². The number of para-hydroxylation sites is 1. The number of nitrogens with one attached hydrogen (secondary N) is 2. The van der Waals surface area contributed by atoms with Gasteiger partial charge in [0.05, 0.1) is 19.8 Å². The average molecular weight is 457 g/mol. The summed E-state index contributed by atoms with van der Waals surface area (Å²) in [5.41, 5.74) is 1.04. The predicted molar refractivity (Wildman–Crippen MR) is 126 cm³/mol. The Morgan fingerprint density at radius 2 is 2.00 bits per heavy atom. The Bertz CT molecular complexity index is 824. The monoisotopic (exact) mass is 456 g/mol. The van der Waals surface area contributed by atoms with E-state index in [1.54, 1.807) is 0 Å². The van der Waals surface area contributed by atoms with Gasteiger partial charge in [-0.1, -0.05) is 30.4 Å². The minimum Gasteiger partial charge on any atom is -0.489 e. The summed E-state index contributed by atoms with van der Waals surface area (Å²) in [5.74, 6) is 1.41. The van der Waals surface area contributed by atoms with Crippen LogP contribution in [0.15, 0.2) is 36.4 Å². The molecule has 8 nitrogen and oxygen atoms in total. The van der Waals surface area contributed by atoms with E-state index in [1.807, 2.05) is 35.2 Å². The van der Waals surface area contributed by atoms with Crippen LogP contribution in [-0.2, 0) is 20.9 Å². The molecule has 2 amide bonds. The number of morpholine rings is 1. The van der Waals surface area contributed by atoms with Gasteiger partial charge in [-0.05, 0) is 24.3 Å². The Morgan fingerprint density at radius 3 is 2.88 bits per heavy atom. The van der Waals surface area contributed by atoms with Crippen molar-refractivity contribution >= 4 is 11.8 Å². The number of carbonyl (C=O) groups is 2. The predicted octanol–water partition coefficient (Wildman–Crippen LogP) is 1.03. The summed E-state index contributed by atoms with van der Waals surface area (Å²) < 4.78 is 11.3. The minimum atomic E-state index is 0.0937. The second kappa shape index (κ2) is 12.2. The number of carbonyl (C=O) groups excluding carboxylic acids is 2. The molecule has 2 atom stereocenters. The van der Waals surface area contributed by atoms with E-state index in [9.17, 15) is 9.59 Å². The van der Waals surface area contributed by atoms with Crippen LogP contribution in [0.3, 0.4) is 0 Å². The molecule has 1 aromatic carbocycles. The number of piperidine rings is 1. The van der Waals surface area contributed by atoms with Crippen LogP contribution in [0, 0.1) is 11.8 Å². The van der Waals surface area contributed by atoms with Crippen LogP contribution >= 0.6 is 0 Å². The molecular formula is C25H36N4O4. The molecule has 3 heterocycles. The number of hydrogen-bond donors (Lipinski definition) is 2. The third kappa shape index (κ3) is 7.03. The van der Waals surface area contributed by atoms with E-state index >= 15 is 0 Å². The Labute approximate surface area is 196 Å². The van der Waals surface area contributed by atoms with Crippen molar-refractivity contribution in [2.75, 3.05) is 65.6 Å². The first-order valence-electron chi connectivity index (χ1n) is 12.1. The Balaban J connectivity index is 1.33. The maximum Gasteiger partial charge on any atom is 0.236 e. The molecule has 0 aromatic heterocycles. The van der Waals surface area contributed by atoms with Gasteiger partial charge in [0.1, 0.15) is 12.4 Å². The van der Waals surface area contributed by atoms with Crippen LogP contribution in [0.1, 0.15) is 18.4 Å². The van der Waals surface area contributed by atoms with Gasteiger partial charge in [0, 0.05) is 57.8 Å². The summed E-state index contributed by atoms with van der Waals surface area (Å²) in [6.45, 7) is 7.63. The van der Waals surface area contributed by atoms with Crippen LogP contribution in [0.5, 0.6) is 5.75 Å². The standard InChI is InChI=1S/C25H36N4O4/c30-24(27-8-10-28-11-14-32-15-12-28)16-20-7-9-29-19-22(20)5-3-13-33-23-6-2-1-4-21(23)17-26-18-25(29)31/h1-6,20,22,26H,7-19H2,(H,27,30)/b5-3-/t20-,22-/m0/s1. The molecule has 0 spiro atoms. The molecule has 3 aliphatic rings. The summed E-state index contributed by atoms with van der Waals surface area (Å²) in [6.07, 6.45) is 5.49. The molecule has 4 rings (SSSR count). The highest BCUT2D eigenvalue weighted by Gasteiger charge is 2.31. The summed E-state index contributed by atoms with van der Waals surface area (Å²) in [4.78, 5) is 29.7. The summed E-state index contributed by atoms with van der Waals surface area (Å²) in [6, 6.07) is 7.91. The van der Waals surface area contributed by atoms with Crippen molar-refractivity contribution < 1.29 is 19.1 Å². The molecule has 0 radical (unpaired) electrons. The third-order valence-corrected chi connectivity index (χ3v) is 6.74. The Hall–Kier alpha value is -2.42. The molecule has 0 aliphatic carbocycles. The van der Waals surface area contributed by atoms with Gasteiger partial charge in [0.2, 0.25) is 11.8 Å². The lowest BCUT2D eigenvalue weighted by Gasteiger charge is -2.37. The molecule has 2 fully saturated rings. The van der Waals surface area contributed by atoms with Crippen LogP contribution in [0.4, 0.5) is 0 Å². The van der Waals surface area contributed by atoms with Crippen LogP contribution in [0.25, 0.3) is 0 Å². The Kier molecular flexibility index (Phi) is 8.74. The second-order valence-electron chi connectivity index (χ2n) is 9.01. The number of rotatable bonds is 5. The van der Waals surface area contributed by atoms with Gasteiger partial charge in [-0.15, -0.1) is 0 Å². The zero-order valence-corrected chi connectivity index (χ0v) is 19.3. The van der Waals surface area contributed by atoms with E-state index in [1.165, 1.54) is 0 Å². The fraction of sp³-hybridized carbons (Fsp3) is 0.600. The Morgan fingerprint density at radius 1 is 1.15 bits per heavy atom. The van der Waals surface area contributed by atoms with Crippen molar-refractivity contribution in [3.63, 3.8) is 0 Å². The van der Waals surface area contributed by atoms with Crippen molar-refractivity contribution in [1.29, 1.82) is 0 Å². The maximum atomic E-state index is 12.8. The van der Waals surface area contributed by atoms with E-state index in [0.29, 0.717) is 45.8 Å². The van der Waals surface area contributed by atoms with E-state index in [4.69, 9.17) is 9.47 Å². The normalized spacial score (nSPS) is 25.6. The molecule has 2 N–H and O–H groups in total. The van der Waals surface area contributed by atoms with Gasteiger partial charge in [0.25, 0.3) is 0 Å². The largest absolute Gasteiger partial charge is 0.489 e. The smallest absolute Gasteiger partial charge is 0.236 e. The second-order valence-corrected chi connectivity index (χ2v) is 9.01. The summed E-state index contributed by atoms with van der Waals surface area (Å²) in [7, 11) is 0. The fourth-order valence-corrected chi connectivity index (χ4v) is 4.79. The molecule has 2 saturated heterocycles. The first-order chi connectivity index (χ1) is 16.2. The third-order valence-electron chi connectivity index (χ3n) is 6.74. The number of hydrogen-bond acceptors (Lipinski definition) is 6. The van der Waals surface area contributed by atoms with Crippen molar-refractivity contribution in [3.05, 3.63) is 42.0 Å². The number of ether oxygens (including phenoxy) is 2. The van der Waals surface area contributed by atoms with Crippen molar-refractivity contribution in [2.24, 2.45) is 11.8 Å². The molecule has 3 aliphatic heterocycles. The molecule has 1 aromatic rings. The highest BCUT2D eigenvalue weighted by atomic mass is 16.5. The van der Waals surface area contributed by atoms with Crippen LogP contribution < -0.4 is 15.4 Å². The number of amides is 2. The number of fused-ring (bicyclic) bond motifs is 3. The fourth-order valence-electron chi connectivity index (χ4n) is 4.79. The molecule has 0 saturated carbocycles. The van der Waals surface area contributed by atoms with Crippen LogP contribution in [-0.4, -0.2) is 87.2 Å². The minimum absolute atomic E-state index is 0.0937. The van der Waals surface area contributed by atoms with E-state index < -0.39 is 0 Å². The van der Waals surface area contributed by atoms with Gasteiger partial charge in [-0.3, -0.25) is 14.5 Å². The molecule has 180 valence electrons. The maximum absolute atomic E-state index is 12.8. The van der Waals surface area contributed by atoms with Gasteiger partial charge in [0.15, 0.2) is 0 Å². The van der Waals surface area contributed by atoms with E-state index in [2.05, 4.69) is 21.6 Å². The topological polar surface area (TPSA) is 83.1 Å². The highest BCUT2D eigenvalue weighted by molar-refractivity contribution is 5.79. The molecule has 8 heteroatoms. The highest BCUT2D eigenvalue weighted by Crippen LogP contribution is 2.28. The summed E-state index contributed by atoms with van der Waals surface area (Å²) in [5, 5.41) is 6.35. The van der Waals surface area contributed by atoms with Crippen molar-refractivity contribution in [3.8, 4) is 5.75 Å². The lowest BCUT2D eigenvalue weighted by Crippen LogP contribution is -2.47. The zero-order chi connectivity index (χ0) is 22.9. The van der Waals surface area contributed by atoms with Crippen LogP contribution in [0.2, 0.25) is 0 Å². The van der Waals surface area contributed by atoms with E-state index in [0.717, 1.165) is 50.6 Å². The lowest BCUT2D eigenvalue weighted by molar-refractivity contribution is -0.132. The van der Waals surface area contributed by atoms with Crippen molar-refractivity contribution in [2.45, 2.75) is 19.4 Å². The summed E-state index contributed by atoms with van der Waals surface area (Å²) >= 11 is 0. The van der Waals surface area contributed by atoms with Gasteiger partial charge < -0.3 is 25.0 Å². The lowest BCUT2D eigenvalue weighted by atomic mass is 9.82. The molecular weight excluding hydrogens is 420 g/mol. The van der Waals surface area contributed by atoms with Gasteiger partial charge >= 0.3 is 0 Å². The van der Waals surface area contributed by atoms with Gasteiger partial charge in [-0.2, -0.15) is 0 Å². The first-order valence-corrected chi connectivity index (χ1v) is 12.1. The van der Waals surface area contributed by atoms with E-state index in [-0.39, 0.29) is 23.7 Å². The quantitative estimate of drug-likeness (QED) is 0.644. The molecule has 0 unspecified atom stereocenters. The zero-order valence-electron chi connectivity index (χ0n) is 19.3. The number of benzene rings is 1. The number of nitrogens with zero attached hydrogens (tertiary/aromatic N) is 2. The SMILES string of the molecule is O=C(C[C@@H]1CCN2C[C@@H]1/C=C\COc1ccccc1CNCC2=O)NCCN1CCOCC1. The molecule has 33 heavy (non-hydrogen) atoms. The molecule has 2 bridgehead atoms. The average Bonchev–Trinajstić information content (AvgIpc) is 2.84. The van der Waals surface area contributed by atoms with Gasteiger partial charge in [-0.25, -0.2) is 0 Å².